The number of allylic oxidation sites excluding steroid dienone is 6. The first-order valence-corrected chi connectivity index (χ1v) is 7.81. The van der Waals surface area contributed by atoms with Crippen molar-refractivity contribution in [2.45, 2.75) is 45.4 Å². The highest BCUT2D eigenvalue weighted by molar-refractivity contribution is 5.87. The van der Waals surface area contributed by atoms with Crippen LogP contribution in [0.3, 0.4) is 0 Å². The first-order chi connectivity index (χ1) is 9.20. The summed E-state index contributed by atoms with van der Waals surface area (Å²) in [5.74, 6) is 2.29. The van der Waals surface area contributed by atoms with Crippen LogP contribution >= 0.6 is 0 Å². The molecule has 4 aliphatic carbocycles. The number of hydrogen-bond acceptors (Lipinski definition) is 1. The van der Waals surface area contributed by atoms with Gasteiger partial charge < -0.3 is 0 Å². The average Bonchev–Trinajstić information content (AvgIpc) is 2.75. The van der Waals surface area contributed by atoms with Crippen LogP contribution in [-0.2, 0) is 4.79 Å². The summed E-state index contributed by atoms with van der Waals surface area (Å²) in [6, 6.07) is 0. The number of ketones is 1. The predicted octanol–water partition coefficient (Wildman–Crippen LogP) is 4.21. The third-order valence-corrected chi connectivity index (χ3v) is 6.10. The van der Waals surface area contributed by atoms with Crippen molar-refractivity contribution in [1.29, 1.82) is 0 Å². The zero-order valence-electron chi connectivity index (χ0n) is 11.7. The second-order valence-electron chi connectivity index (χ2n) is 6.97. The van der Waals surface area contributed by atoms with Gasteiger partial charge in [0.1, 0.15) is 5.78 Å². The third-order valence-electron chi connectivity index (χ3n) is 6.10. The molecule has 0 radical (unpaired) electrons. The van der Waals surface area contributed by atoms with Gasteiger partial charge in [0.25, 0.3) is 0 Å². The fourth-order valence-corrected chi connectivity index (χ4v) is 4.91. The molecular formula is C18H22O. The van der Waals surface area contributed by atoms with Crippen LogP contribution in [-0.4, -0.2) is 5.78 Å². The molecule has 0 heterocycles. The van der Waals surface area contributed by atoms with Crippen molar-refractivity contribution in [2.75, 3.05) is 0 Å². The first kappa shape index (κ1) is 11.7. The molecule has 19 heavy (non-hydrogen) atoms. The van der Waals surface area contributed by atoms with Crippen molar-refractivity contribution in [3.05, 3.63) is 35.5 Å². The molecule has 1 nitrogen and oxygen atoms in total. The fourth-order valence-electron chi connectivity index (χ4n) is 4.91. The summed E-state index contributed by atoms with van der Waals surface area (Å²) in [6.45, 7) is 2.21. The second-order valence-corrected chi connectivity index (χ2v) is 6.97. The number of hydrogen-bond donors (Lipinski definition) is 0. The van der Waals surface area contributed by atoms with E-state index in [4.69, 9.17) is 0 Å². The molecule has 100 valence electrons. The Labute approximate surface area is 115 Å². The van der Waals surface area contributed by atoms with E-state index in [-0.39, 0.29) is 5.41 Å². The largest absolute Gasteiger partial charge is 0.299 e. The molecule has 0 N–H and O–H groups in total. The fraction of sp³-hybridized carbons (Fsp3) is 0.611. The first-order valence-electron chi connectivity index (χ1n) is 7.81. The van der Waals surface area contributed by atoms with Crippen molar-refractivity contribution >= 4 is 5.78 Å². The van der Waals surface area contributed by atoms with Crippen LogP contribution in [0.5, 0.6) is 0 Å². The Morgan fingerprint density at radius 1 is 1.26 bits per heavy atom. The van der Waals surface area contributed by atoms with Gasteiger partial charge in [0, 0.05) is 23.7 Å². The lowest BCUT2D eigenvalue weighted by Gasteiger charge is -2.44. The molecule has 4 atom stereocenters. The lowest BCUT2D eigenvalue weighted by molar-refractivity contribution is -0.126. The SMILES string of the molecule is C[C@]12CC=C3[C@H]4CCCC=C4C=C[C@H]3[C@@H]1CCC2=O. The Hall–Kier alpha value is -1.11. The zero-order valence-corrected chi connectivity index (χ0v) is 11.7. The highest BCUT2D eigenvalue weighted by atomic mass is 16.1. The van der Waals surface area contributed by atoms with Gasteiger partial charge in [-0.05, 0) is 43.6 Å². The Kier molecular flexibility index (Phi) is 2.43. The van der Waals surface area contributed by atoms with Crippen molar-refractivity contribution < 1.29 is 4.79 Å². The van der Waals surface area contributed by atoms with Crippen LogP contribution in [0.4, 0.5) is 0 Å². The maximum atomic E-state index is 12.2. The van der Waals surface area contributed by atoms with Gasteiger partial charge in [0.05, 0.1) is 0 Å². The van der Waals surface area contributed by atoms with Crippen LogP contribution < -0.4 is 0 Å². The summed E-state index contributed by atoms with van der Waals surface area (Å²) in [5.41, 5.74) is 3.13. The van der Waals surface area contributed by atoms with Gasteiger partial charge >= 0.3 is 0 Å². The minimum atomic E-state index is -0.0611. The highest BCUT2D eigenvalue weighted by Crippen LogP contribution is 2.56. The van der Waals surface area contributed by atoms with Gasteiger partial charge in [-0.25, -0.2) is 0 Å². The van der Waals surface area contributed by atoms with E-state index in [9.17, 15) is 4.79 Å². The molecule has 0 amide bonds. The lowest BCUT2D eigenvalue weighted by Crippen LogP contribution is -2.39. The molecule has 1 fully saturated rings. The monoisotopic (exact) mass is 254 g/mol. The van der Waals surface area contributed by atoms with E-state index < -0.39 is 0 Å². The van der Waals surface area contributed by atoms with Crippen molar-refractivity contribution in [2.24, 2.45) is 23.2 Å². The third kappa shape index (κ3) is 1.50. The van der Waals surface area contributed by atoms with E-state index in [1.54, 1.807) is 11.1 Å². The number of fused-ring (bicyclic) bond motifs is 5. The summed E-state index contributed by atoms with van der Waals surface area (Å²) in [4.78, 5) is 12.2. The molecule has 0 unspecified atom stereocenters. The Morgan fingerprint density at radius 2 is 2.16 bits per heavy atom. The van der Waals surface area contributed by atoms with Crippen molar-refractivity contribution in [3.63, 3.8) is 0 Å². The molecule has 0 aromatic heterocycles. The Balaban J connectivity index is 1.77. The molecule has 0 aromatic carbocycles. The quantitative estimate of drug-likeness (QED) is 0.592. The summed E-state index contributed by atoms with van der Waals surface area (Å²) in [5, 5.41) is 0. The predicted molar refractivity (Wildman–Crippen MR) is 76.6 cm³/mol. The van der Waals surface area contributed by atoms with Crippen LogP contribution in [0.1, 0.15) is 45.4 Å². The average molecular weight is 254 g/mol. The molecule has 0 spiro atoms. The topological polar surface area (TPSA) is 17.1 Å². The Morgan fingerprint density at radius 3 is 3.05 bits per heavy atom. The zero-order chi connectivity index (χ0) is 13.0. The molecule has 0 saturated heterocycles. The summed E-state index contributed by atoms with van der Waals surface area (Å²) in [6.07, 6.45) is 16.4. The minimum absolute atomic E-state index is 0.0611. The number of rotatable bonds is 0. The van der Waals surface area contributed by atoms with Crippen LogP contribution in [0.15, 0.2) is 35.5 Å². The van der Waals surface area contributed by atoms with E-state index >= 15 is 0 Å². The minimum Gasteiger partial charge on any atom is -0.299 e. The molecular weight excluding hydrogens is 232 g/mol. The van der Waals surface area contributed by atoms with E-state index in [1.165, 1.54) is 19.3 Å². The van der Waals surface area contributed by atoms with Crippen molar-refractivity contribution in [3.8, 4) is 0 Å². The van der Waals surface area contributed by atoms with Gasteiger partial charge in [-0.15, -0.1) is 0 Å². The summed E-state index contributed by atoms with van der Waals surface area (Å²) >= 11 is 0. The van der Waals surface area contributed by atoms with E-state index in [0.29, 0.717) is 23.5 Å². The smallest absolute Gasteiger partial charge is 0.139 e. The highest BCUT2D eigenvalue weighted by Gasteiger charge is 2.52. The Bertz CT molecular complexity index is 522. The van der Waals surface area contributed by atoms with Gasteiger partial charge in [-0.2, -0.15) is 0 Å². The van der Waals surface area contributed by atoms with Crippen LogP contribution in [0, 0.1) is 23.2 Å². The maximum absolute atomic E-state index is 12.2. The normalized spacial score (nSPS) is 44.1. The van der Waals surface area contributed by atoms with E-state index in [2.05, 4.69) is 31.2 Å². The molecule has 0 aliphatic heterocycles. The van der Waals surface area contributed by atoms with Gasteiger partial charge in [0.2, 0.25) is 0 Å². The van der Waals surface area contributed by atoms with Gasteiger partial charge in [-0.1, -0.05) is 36.8 Å². The summed E-state index contributed by atoms with van der Waals surface area (Å²) < 4.78 is 0. The molecule has 0 aromatic rings. The summed E-state index contributed by atoms with van der Waals surface area (Å²) in [7, 11) is 0. The van der Waals surface area contributed by atoms with Crippen molar-refractivity contribution in [1.82, 2.24) is 0 Å². The van der Waals surface area contributed by atoms with Crippen LogP contribution in [0.25, 0.3) is 0 Å². The molecule has 4 rings (SSSR count). The van der Waals surface area contributed by atoms with Gasteiger partial charge in [0.15, 0.2) is 0 Å². The molecule has 4 aliphatic rings. The molecule has 1 heteroatoms. The van der Waals surface area contributed by atoms with E-state index in [0.717, 1.165) is 19.3 Å². The number of Topliss-reactive ketones (excluding diaryl/α,β-unsaturated/α-hetero) is 1. The second kappa shape index (κ2) is 3.94. The van der Waals surface area contributed by atoms with Gasteiger partial charge in [-0.3, -0.25) is 4.79 Å². The molecule has 1 saturated carbocycles. The maximum Gasteiger partial charge on any atom is 0.139 e. The number of carbonyl (C=O) groups is 1. The van der Waals surface area contributed by atoms with Crippen LogP contribution in [0.2, 0.25) is 0 Å². The molecule has 0 bridgehead atoms. The number of carbonyl (C=O) groups excluding carboxylic acids is 1. The lowest BCUT2D eigenvalue weighted by atomic mass is 9.59. The standard InChI is InChI=1S/C18H22O/c1-18-11-10-14-13-5-3-2-4-12(13)6-7-15(14)16(18)8-9-17(18)19/h4,6-7,10,13,15-16H,2-3,5,8-9,11H2,1H3/t13-,15+,16-,18-/m0/s1. The van der Waals surface area contributed by atoms with E-state index in [1.807, 2.05) is 0 Å².